The van der Waals surface area contributed by atoms with Crippen LogP contribution in [0.15, 0.2) is 70.9 Å². The lowest BCUT2D eigenvalue weighted by Gasteiger charge is -2.11. The first-order valence-corrected chi connectivity index (χ1v) is 13.0. The van der Waals surface area contributed by atoms with Gasteiger partial charge >= 0.3 is 0 Å². The molecule has 0 aliphatic carbocycles. The number of hydrogen-bond donors (Lipinski definition) is 2. The molecule has 0 aliphatic rings. The van der Waals surface area contributed by atoms with Gasteiger partial charge in [0, 0.05) is 30.8 Å². The number of benzene rings is 2. The molecule has 0 unspecified atom stereocenters. The van der Waals surface area contributed by atoms with Crippen molar-refractivity contribution >= 4 is 49.4 Å². The smallest absolute Gasteiger partial charge is 0.293 e. The van der Waals surface area contributed by atoms with Crippen LogP contribution in [0.1, 0.15) is 10.4 Å². The maximum atomic E-state index is 13.0. The Morgan fingerprint density at radius 1 is 1.09 bits per heavy atom. The van der Waals surface area contributed by atoms with E-state index in [1.54, 1.807) is 6.07 Å². The summed E-state index contributed by atoms with van der Waals surface area (Å²) in [5.74, 6) is -0.292. The van der Waals surface area contributed by atoms with Crippen molar-refractivity contribution < 1.29 is 18.1 Å². The van der Waals surface area contributed by atoms with Crippen molar-refractivity contribution in [3.63, 3.8) is 0 Å². The number of pyridine rings is 1. The number of anilines is 1. The van der Waals surface area contributed by atoms with Crippen LogP contribution < -0.4 is 10.6 Å². The summed E-state index contributed by atoms with van der Waals surface area (Å²) >= 11 is 1.53. The summed E-state index contributed by atoms with van der Waals surface area (Å²) in [7, 11) is -3.57. The number of nitrogens with zero attached hydrogens (tertiary/aromatic N) is 2. The fourth-order valence-corrected chi connectivity index (χ4v) is 4.75. The van der Waals surface area contributed by atoms with Gasteiger partial charge in [-0.25, -0.2) is 13.4 Å². The van der Waals surface area contributed by atoms with Gasteiger partial charge in [0.25, 0.3) is 11.6 Å². The zero-order valence-electron chi connectivity index (χ0n) is 18.0. The largest absolute Gasteiger partial charge is 0.378 e. The third kappa shape index (κ3) is 5.05. The number of para-hydroxylation sites is 1. The number of nitrogens with one attached hydrogen (secondary N) is 2. The molecule has 0 radical (unpaired) electrons. The number of carbonyl (C=O) groups is 1. The van der Waals surface area contributed by atoms with Crippen LogP contribution in [0.5, 0.6) is 0 Å². The molecule has 4 rings (SSSR count). The highest BCUT2D eigenvalue weighted by molar-refractivity contribution is 7.90. The van der Waals surface area contributed by atoms with Crippen molar-refractivity contribution in [2.75, 3.05) is 24.7 Å². The first-order chi connectivity index (χ1) is 16.2. The Balaban J connectivity index is 1.49. The Bertz CT molecular complexity index is 1480. The summed E-state index contributed by atoms with van der Waals surface area (Å²) in [6.45, 7) is 0.389. The van der Waals surface area contributed by atoms with Crippen LogP contribution >= 0.6 is 11.3 Å². The molecule has 2 heterocycles. The third-order valence-corrected chi connectivity index (χ3v) is 7.06. The molecule has 0 fully saturated rings. The summed E-state index contributed by atoms with van der Waals surface area (Å²) in [6, 6.07) is 16.7. The van der Waals surface area contributed by atoms with E-state index in [1.807, 2.05) is 41.8 Å². The highest BCUT2D eigenvalue weighted by Gasteiger charge is 2.19. The lowest BCUT2D eigenvalue weighted by Crippen LogP contribution is -2.29. The number of nitro benzene ring substituents is 1. The van der Waals surface area contributed by atoms with Crippen LogP contribution in [-0.2, 0) is 9.84 Å². The zero-order valence-corrected chi connectivity index (χ0v) is 19.7. The first kappa shape index (κ1) is 23.3. The molecular weight excluding hydrogens is 476 g/mol. The standard InChI is InChI=1S/C23H20N4O5S2/c1-34(31,32)15-8-9-19(21(13-15)27(29)30)24-10-11-25-23(28)17-14-20(22-7-4-12-33-22)26-18-6-3-2-5-16(17)18/h2-9,12-14,24H,10-11H2,1H3,(H,25,28). The predicted molar refractivity (Wildman–Crippen MR) is 132 cm³/mol. The van der Waals surface area contributed by atoms with Crippen LogP contribution in [0.2, 0.25) is 0 Å². The summed E-state index contributed by atoms with van der Waals surface area (Å²) in [4.78, 5) is 29.2. The number of sulfone groups is 1. The highest BCUT2D eigenvalue weighted by atomic mass is 32.2. The molecule has 1 amide bonds. The van der Waals surface area contributed by atoms with Gasteiger partial charge in [-0.3, -0.25) is 14.9 Å². The average Bonchev–Trinajstić information content (AvgIpc) is 3.35. The van der Waals surface area contributed by atoms with E-state index in [-0.39, 0.29) is 35.3 Å². The molecule has 0 aliphatic heterocycles. The second kappa shape index (κ2) is 9.57. The molecule has 0 saturated carbocycles. The zero-order chi connectivity index (χ0) is 24.3. The quantitative estimate of drug-likeness (QED) is 0.213. The fraction of sp³-hybridized carbons (Fsp3) is 0.130. The molecule has 0 spiro atoms. The van der Waals surface area contributed by atoms with E-state index in [2.05, 4.69) is 15.6 Å². The van der Waals surface area contributed by atoms with E-state index in [4.69, 9.17) is 0 Å². The molecule has 4 aromatic rings. The minimum Gasteiger partial charge on any atom is -0.378 e. The maximum Gasteiger partial charge on any atom is 0.293 e. The van der Waals surface area contributed by atoms with E-state index in [0.29, 0.717) is 16.8 Å². The van der Waals surface area contributed by atoms with Crippen LogP contribution in [0.25, 0.3) is 21.5 Å². The second-order valence-corrected chi connectivity index (χ2v) is 10.4. The number of thiophene rings is 1. The van der Waals surface area contributed by atoms with Crippen LogP contribution in [0, 0.1) is 10.1 Å². The highest BCUT2D eigenvalue weighted by Crippen LogP contribution is 2.29. The molecule has 0 atom stereocenters. The summed E-state index contributed by atoms with van der Waals surface area (Å²) in [5, 5.41) is 19.8. The molecule has 9 nitrogen and oxygen atoms in total. The summed E-state index contributed by atoms with van der Waals surface area (Å²) in [6.07, 6.45) is 0.987. The lowest BCUT2D eigenvalue weighted by molar-refractivity contribution is -0.384. The Morgan fingerprint density at radius 2 is 1.88 bits per heavy atom. The Labute approximate surface area is 199 Å². The molecule has 2 aromatic carbocycles. The molecule has 2 N–H and O–H groups in total. The average molecular weight is 497 g/mol. The van der Waals surface area contributed by atoms with Crippen LogP contribution in [-0.4, -0.2) is 43.6 Å². The van der Waals surface area contributed by atoms with Crippen LogP contribution in [0.4, 0.5) is 11.4 Å². The van der Waals surface area contributed by atoms with Gasteiger partial charge in [0.05, 0.1) is 31.5 Å². The third-order valence-electron chi connectivity index (χ3n) is 5.05. The maximum absolute atomic E-state index is 13.0. The summed E-state index contributed by atoms with van der Waals surface area (Å²) in [5.41, 5.74) is 1.71. The number of aromatic nitrogens is 1. The van der Waals surface area contributed by atoms with E-state index < -0.39 is 14.8 Å². The normalized spacial score (nSPS) is 11.3. The molecule has 2 aromatic heterocycles. The molecule has 0 saturated heterocycles. The van der Waals surface area contributed by atoms with Gasteiger partial charge in [0.2, 0.25) is 0 Å². The minimum atomic E-state index is -3.57. The number of nitro groups is 1. The van der Waals surface area contributed by atoms with E-state index in [0.717, 1.165) is 22.6 Å². The molecular formula is C23H20N4O5S2. The van der Waals surface area contributed by atoms with Crippen molar-refractivity contribution in [3.05, 3.63) is 81.7 Å². The number of carbonyl (C=O) groups excluding carboxylic acids is 1. The van der Waals surface area contributed by atoms with Gasteiger partial charge in [0.15, 0.2) is 9.84 Å². The molecule has 11 heteroatoms. The van der Waals surface area contributed by atoms with Crippen LogP contribution in [0.3, 0.4) is 0 Å². The van der Waals surface area contributed by atoms with Gasteiger partial charge < -0.3 is 10.6 Å². The Hall–Kier alpha value is -3.83. The Kier molecular flexibility index (Phi) is 6.57. The Morgan fingerprint density at radius 3 is 2.59 bits per heavy atom. The van der Waals surface area contributed by atoms with Crippen molar-refractivity contribution in [1.29, 1.82) is 0 Å². The monoisotopic (exact) mass is 496 g/mol. The van der Waals surface area contributed by atoms with Crippen molar-refractivity contribution in [1.82, 2.24) is 10.3 Å². The molecule has 174 valence electrons. The van der Waals surface area contributed by atoms with Crippen molar-refractivity contribution in [2.45, 2.75) is 4.90 Å². The molecule has 34 heavy (non-hydrogen) atoms. The topological polar surface area (TPSA) is 131 Å². The number of hydrogen-bond acceptors (Lipinski definition) is 8. The van der Waals surface area contributed by atoms with Gasteiger partial charge in [0.1, 0.15) is 5.69 Å². The lowest BCUT2D eigenvalue weighted by atomic mass is 10.1. The van der Waals surface area contributed by atoms with E-state index in [1.165, 1.54) is 23.5 Å². The fourth-order valence-electron chi connectivity index (χ4n) is 3.42. The van der Waals surface area contributed by atoms with E-state index in [9.17, 15) is 23.3 Å². The van der Waals surface area contributed by atoms with Gasteiger partial charge in [-0.15, -0.1) is 11.3 Å². The predicted octanol–water partition coefficient (Wildman–Crippen LogP) is 4.12. The SMILES string of the molecule is CS(=O)(=O)c1ccc(NCCNC(=O)c2cc(-c3cccs3)nc3ccccc23)c([N+](=O)[O-])c1. The van der Waals surface area contributed by atoms with Gasteiger partial charge in [-0.05, 0) is 35.7 Å². The number of rotatable bonds is 8. The number of amides is 1. The summed E-state index contributed by atoms with van der Waals surface area (Å²) < 4.78 is 23.4. The van der Waals surface area contributed by atoms with Crippen molar-refractivity contribution in [2.24, 2.45) is 0 Å². The van der Waals surface area contributed by atoms with Gasteiger partial charge in [-0.1, -0.05) is 24.3 Å². The minimum absolute atomic E-state index is 0.135. The number of fused-ring (bicyclic) bond motifs is 1. The second-order valence-electron chi connectivity index (χ2n) is 7.44. The first-order valence-electron chi connectivity index (χ1n) is 10.2. The van der Waals surface area contributed by atoms with Gasteiger partial charge in [-0.2, -0.15) is 0 Å². The van der Waals surface area contributed by atoms with E-state index >= 15 is 0 Å². The van der Waals surface area contributed by atoms with Crippen molar-refractivity contribution in [3.8, 4) is 10.6 Å². The molecule has 0 bridgehead atoms.